The fourth-order valence-corrected chi connectivity index (χ4v) is 2.05. The minimum Gasteiger partial charge on any atom is -0.444 e. The van der Waals surface area contributed by atoms with E-state index < -0.39 is 11.7 Å². The van der Waals surface area contributed by atoms with Crippen LogP contribution in [-0.4, -0.2) is 34.5 Å². The van der Waals surface area contributed by atoms with Gasteiger partial charge in [0, 0.05) is 6.54 Å². The highest BCUT2D eigenvalue weighted by Gasteiger charge is 2.21. The summed E-state index contributed by atoms with van der Waals surface area (Å²) in [6.07, 6.45) is 3.84. The largest absolute Gasteiger partial charge is 0.444 e. The van der Waals surface area contributed by atoms with Gasteiger partial charge in [0.25, 0.3) is 0 Å². The van der Waals surface area contributed by atoms with Crippen LogP contribution >= 0.6 is 0 Å². The number of carbonyl (C=O) groups is 1. The summed E-state index contributed by atoms with van der Waals surface area (Å²) in [7, 11) is 0. The van der Waals surface area contributed by atoms with Crippen LogP contribution in [0.4, 0.5) is 4.79 Å². The average Bonchev–Trinajstić information content (AvgIpc) is 2.87. The van der Waals surface area contributed by atoms with E-state index in [9.17, 15) is 4.79 Å². The summed E-state index contributed by atoms with van der Waals surface area (Å²) in [6, 6.07) is -0.145. The topological polar surface area (TPSA) is 65.4 Å². The Morgan fingerprint density at radius 1 is 1.48 bits per heavy atom. The molecular weight excluding hydrogens is 294 g/mol. The first-order chi connectivity index (χ1) is 10.7. The van der Waals surface area contributed by atoms with E-state index in [0.717, 1.165) is 17.7 Å². The van der Waals surface area contributed by atoms with Gasteiger partial charge in [0.15, 0.2) is 0 Å². The Bertz CT molecular complexity index is 517. The van der Waals surface area contributed by atoms with Gasteiger partial charge in [-0.25, -0.2) is 9.78 Å². The van der Waals surface area contributed by atoms with Gasteiger partial charge in [-0.05, 0) is 34.1 Å². The quantitative estimate of drug-likeness (QED) is 0.588. The van der Waals surface area contributed by atoms with Crippen LogP contribution in [0.25, 0.3) is 0 Å². The number of carbonyl (C=O) groups excluding carboxylic acids is 1. The SMILES string of the molecule is C=C(C)COCCn1cncc1[C@@H](CC)NC(=O)OC(C)(C)C. The molecule has 0 saturated heterocycles. The molecule has 1 amide bonds. The van der Waals surface area contributed by atoms with E-state index >= 15 is 0 Å². The second kappa shape index (κ2) is 8.72. The van der Waals surface area contributed by atoms with E-state index in [-0.39, 0.29) is 6.04 Å². The zero-order valence-corrected chi connectivity index (χ0v) is 14.9. The molecule has 0 bridgehead atoms. The lowest BCUT2D eigenvalue weighted by Gasteiger charge is -2.23. The van der Waals surface area contributed by atoms with Crippen molar-refractivity contribution >= 4 is 6.09 Å². The van der Waals surface area contributed by atoms with E-state index in [1.165, 1.54) is 0 Å². The van der Waals surface area contributed by atoms with Gasteiger partial charge in [-0.1, -0.05) is 19.1 Å². The van der Waals surface area contributed by atoms with Crippen LogP contribution in [0.5, 0.6) is 0 Å². The summed E-state index contributed by atoms with van der Waals surface area (Å²) < 4.78 is 12.8. The minimum atomic E-state index is -0.515. The van der Waals surface area contributed by atoms with Gasteiger partial charge in [-0.2, -0.15) is 0 Å². The van der Waals surface area contributed by atoms with E-state index in [2.05, 4.69) is 16.9 Å². The Hall–Kier alpha value is -1.82. The molecule has 0 aliphatic rings. The Morgan fingerprint density at radius 2 is 2.17 bits per heavy atom. The van der Waals surface area contributed by atoms with Crippen LogP contribution in [0.3, 0.4) is 0 Å². The number of hydrogen-bond donors (Lipinski definition) is 1. The lowest BCUT2D eigenvalue weighted by molar-refractivity contribution is 0.0499. The maximum atomic E-state index is 12.0. The molecule has 0 aromatic carbocycles. The first-order valence-corrected chi connectivity index (χ1v) is 7.94. The predicted octanol–water partition coefficient (Wildman–Crippen LogP) is 3.45. The number of hydrogen-bond acceptors (Lipinski definition) is 4. The third kappa shape index (κ3) is 7.32. The molecule has 0 saturated carbocycles. The normalized spacial score (nSPS) is 12.7. The van der Waals surface area contributed by atoms with Crippen molar-refractivity contribution in [3.8, 4) is 0 Å². The van der Waals surface area contributed by atoms with Gasteiger partial charge in [0.1, 0.15) is 5.60 Å². The standard InChI is InChI=1S/C17H29N3O3/c1-7-14(19-16(21)23-17(4,5)6)15-10-18-12-20(15)8-9-22-11-13(2)3/h10,12,14H,2,7-9,11H2,1,3-6H3,(H,19,21)/t14-/m1/s1. The van der Waals surface area contributed by atoms with Crippen molar-refractivity contribution in [3.63, 3.8) is 0 Å². The van der Waals surface area contributed by atoms with Gasteiger partial charge in [0.2, 0.25) is 0 Å². The van der Waals surface area contributed by atoms with Crippen molar-refractivity contribution in [1.82, 2.24) is 14.9 Å². The van der Waals surface area contributed by atoms with Crippen molar-refractivity contribution < 1.29 is 14.3 Å². The van der Waals surface area contributed by atoms with Crippen LogP contribution in [-0.2, 0) is 16.0 Å². The lowest BCUT2D eigenvalue weighted by atomic mass is 10.1. The first-order valence-electron chi connectivity index (χ1n) is 7.94. The highest BCUT2D eigenvalue weighted by Crippen LogP contribution is 2.17. The van der Waals surface area contributed by atoms with Gasteiger partial charge in [0.05, 0.1) is 37.5 Å². The molecule has 23 heavy (non-hydrogen) atoms. The number of imidazole rings is 1. The summed E-state index contributed by atoms with van der Waals surface area (Å²) in [5, 5.41) is 2.90. The Morgan fingerprint density at radius 3 is 2.74 bits per heavy atom. The van der Waals surface area contributed by atoms with E-state index in [0.29, 0.717) is 19.8 Å². The van der Waals surface area contributed by atoms with Crippen molar-refractivity contribution in [3.05, 3.63) is 30.4 Å². The van der Waals surface area contributed by atoms with Crippen LogP contribution in [0.2, 0.25) is 0 Å². The summed E-state index contributed by atoms with van der Waals surface area (Å²) in [4.78, 5) is 16.2. The van der Waals surface area contributed by atoms with Gasteiger partial charge < -0.3 is 19.4 Å². The average molecular weight is 323 g/mol. The number of ether oxygens (including phenoxy) is 2. The summed E-state index contributed by atoms with van der Waals surface area (Å²) in [6.45, 7) is 15.1. The monoisotopic (exact) mass is 323 g/mol. The lowest BCUT2D eigenvalue weighted by Crippen LogP contribution is -2.35. The molecule has 0 aliphatic carbocycles. The molecule has 0 unspecified atom stereocenters. The molecule has 1 atom stereocenters. The number of alkyl carbamates (subject to hydrolysis) is 1. The molecule has 0 spiro atoms. The minimum absolute atomic E-state index is 0.145. The molecule has 1 aromatic heterocycles. The molecule has 6 heteroatoms. The number of nitrogens with one attached hydrogen (secondary N) is 1. The third-order valence-corrected chi connectivity index (χ3v) is 3.03. The van der Waals surface area contributed by atoms with Crippen LogP contribution in [0.1, 0.15) is 52.8 Å². The fourth-order valence-electron chi connectivity index (χ4n) is 2.05. The Balaban J connectivity index is 2.63. The highest BCUT2D eigenvalue weighted by atomic mass is 16.6. The fraction of sp³-hybridized carbons (Fsp3) is 0.647. The molecule has 0 aliphatic heterocycles. The molecule has 6 nitrogen and oxygen atoms in total. The highest BCUT2D eigenvalue weighted by molar-refractivity contribution is 5.68. The first kappa shape index (κ1) is 19.2. The van der Waals surface area contributed by atoms with Crippen molar-refractivity contribution in [2.45, 2.75) is 59.2 Å². The van der Waals surface area contributed by atoms with Gasteiger partial charge >= 0.3 is 6.09 Å². The molecule has 1 rings (SSSR count). The van der Waals surface area contributed by atoms with Crippen LogP contribution < -0.4 is 5.32 Å². The number of aromatic nitrogens is 2. The predicted molar refractivity (Wildman–Crippen MR) is 90.3 cm³/mol. The number of rotatable bonds is 8. The van der Waals surface area contributed by atoms with E-state index in [1.54, 1.807) is 12.5 Å². The maximum absolute atomic E-state index is 12.0. The zero-order valence-electron chi connectivity index (χ0n) is 14.9. The second-order valence-electron chi connectivity index (χ2n) is 6.63. The molecule has 1 heterocycles. The molecule has 130 valence electrons. The molecular formula is C17H29N3O3. The summed E-state index contributed by atoms with van der Waals surface area (Å²) in [5.74, 6) is 0. The van der Waals surface area contributed by atoms with E-state index in [1.807, 2.05) is 39.2 Å². The van der Waals surface area contributed by atoms with Crippen LogP contribution in [0, 0.1) is 0 Å². The number of nitrogens with zero attached hydrogens (tertiary/aromatic N) is 2. The smallest absolute Gasteiger partial charge is 0.408 e. The van der Waals surface area contributed by atoms with Crippen molar-refractivity contribution in [2.24, 2.45) is 0 Å². The Kier molecular flexibility index (Phi) is 7.29. The number of amides is 1. The third-order valence-electron chi connectivity index (χ3n) is 3.03. The Labute approximate surface area is 138 Å². The summed E-state index contributed by atoms with van der Waals surface area (Å²) in [5.41, 5.74) is 1.42. The van der Waals surface area contributed by atoms with Crippen molar-refractivity contribution in [1.29, 1.82) is 0 Å². The molecule has 1 aromatic rings. The maximum Gasteiger partial charge on any atom is 0.408 e. The molecule has 1 N–H and O–H groups in total. The second-order valence-corrected chi connectivity index (χ2v) is 6.63. The summed E-state index contributed by atoms with van der Waals surface area (Å²) >= 11 is 0. The zero-order chi connectivity index (χ0) is 17.5. The molecule has 0 fully saturated rings. The van der Waals surface area contributed by atoms with Gasteiger partial charge in [-0.3, -0.25) is 0 Å². The van der Waals surface area contributed by atoms with Crippen molar-refractivity contribution in [2.75, 3.05) is 13.2 Å². The molecule has 0 radical (unpaired) electrons. The van der Waals surface area contributed by atoms with Gasteiger partial charge in [-0.15, -0.1) is 0 Å². The van der Waals surface area contributed by atoms with Crippen LogP contribution in [0.15, 0.2) is 24.7 Å². The van der Waals surface area contributed by atoms with E-state index in [4.69, 9.17) is 9.47 Å².